The predicted molar refractivity (Wildman–Crippen MR) is 94.1 cm³/mol. The molecule has 1 saturated carbocycles. The van der Waals surface area contributed by atoms with Crippen LogP contribution in [0, 0.1) is 17.7 Å². The number of nitrogens with one attached hydrogen (secondary N) is 1. The fourth-order valence-electron chi connectivity index (χ4n) is 4.01. The Morgan fingerprint density at radius 1 is 1.27 bits per heavy atom. The first-order valence-corrected chi connectivity index (χ1v) is 8.89. The monoisotopic (exact) mass is 356 g/mol. The molecule has 1 aliphatic heterocycles. The van der Waals surface area contributed by atoms with Crippen molar-refractivity contribution in [3.63, 3.8) is 0 Å². The first-order valence-electron chi connectivity index (χ1n) is 8.89. The molecule has 4 rings (SSSR count). The van der Waals surface area contributed by atoms with Crippen LogP contribution in [-0.2, 0) is 4.79 Å². The van der Waals surface area contributed by atoms with Gasteiger partial charge in [0.05, 0.1) is 0 Å². The van der Waals surface area contributed by atoms with E-state index >= 15 is 0 Å². The Morgan fingerprint density at radius 2 is 2.19 bits per heavy atom. The van der Waals surface area contributed by atoms with Crippen molar-refractivity contribution in [1.29, 1.82) is 0 Å². The van der Waals surface area contributed by atoms with Crippen molar-refractivity contribution in [3.8, 4) is 5.75 Å². The fraction of sp³-hybridized carbons (Fsp3) is 0.421. The van der Waals surface area contributed by atoms with Gasteiger partial charge in [0.1, 0.15) is 17.4 Å². The highest BCUT2D eigenvalue weighted by Gasteiger charge is 2.44. The number of carbonyl (C=O) groups excluding carboxylic acids is 1. The quantitative estimate of drug-likeness (QED) is 0.891. The van der Waals surface area contributed by atoms with Gasteiger partial charge in [-0.2, -0.15) is 5.10 Å². The summed E-state index contributed by atoms with van der Waals surface area (Å²) in [6.45, 7) is 1.41. The molecule has 1 aliphatic carbocycles. The van der Waals surface area contributed by atoms with E-state index in [0.29, 0.717) is 30.2 Å². The molecular formula is C19H21FN4O2. The summed E-state index contributed by atoms with van der Waals surface area (Å²) in [5, 5.41) is 11.4. The second-order valence-corrected chi connectivity index (χ2v) is 6.91. The molecule has 7 heteroatoms. The minimum atomic E-state index is -0.372. The van der Waals surface area contributed by atoms with Crippen LogP contribution in [0.3, 0.4) is 0 Å². The number of halogens is 1. The highest BCUT2D eigenvalue weighted by molar-refractivity contribution is 5.78. The molecule has 0 radical (unpaired) electrons. The lowest BCUT2D eigenvalue weighted by Gasteiger charge is -2.22. The van der Waals surface area contributed by atoms with E-state index in [1.165, 1.54) is 12.1 Å². The Hall–Kier alpha value is -2.70. The number of likely N-dealkylation sites (tertiary alicyclic amines) is 1. The summed E-state index contributed by atoms with van der Waals surface area (Å²) in [6.07, 6.45) is 3.82. The summed E-state index contributed by atoms with van der Waals surface area (Å²) in [6, 6.07) is 9.92. The number of anilines is 1. The molecule has 2 heterocycles. The number of aromatic nitrogens is 2. The topological polar surface area (TPSA) is 67.3 Å². The summed E-state index contributed by atoms with van der Waals surface area (Å²) in [7, 11) is 0. The van der Waals surface area contributed by atoms with Gasteiger partial charge in [0.2, 0.25) is 0 Å². The zero-order valence-electron chi connectivity index (χ0n) is 14.3. The number of hydrogen-bond donors (Lipinski definition) is 1. The van der Waals surface area contributed by atoms with Gasteiger partial charge in [-0.05, 0) is 43.0 Å². The van der Waals surface area contributed by atoms with Gasteiger partial charge in [-0.1, -0.05) is 6.07 Å². The molecule has 0 spiro atoms. The maximum absolute atomic E-state index is 13.2. The fourth-order valence-corrected chi connectivity index (χ4v) is 4.01. The molecule has 2 aliphatic rings. The molecule has 0 unspecified atom stereocenters. The molecule has 6 nitrogen and oxygen atoms in total. The van der Waals surface area contributed by atoms with Crippen LogP contribution in [0.5, 0.6) is 5.75 Å². The lowest BCUT2D eigenvalue weighted by Crippen LogP contribution is -2.36. The van der Waals surface area contributed by atoms with Crippen LogP contribution in [0.25, 0.3) is 0 Å². The van der Waals surface area contributed by atoms with Crippen molar-refractivity contribution >= 4 is 11.7 Å². The lowest BCUT2D eigenvalue weighted by atomic mass is 9.98. The highest BCUT2D eigenvalue weighted by Crippen LogP contribution is 2.39. The van der Waals surface area contributed by atoms with E-state index in [1.807, 2.05) is 17.0 Å². The van der Waals surface area contributed by atoms with Gasteiger partial charge in [0.15, 0.2) is 6.61 Å². The second-order valence-electron chi connectivity index (χ2n) is 6.91. The zero-order valence-corrected chi connectivity index (χ0v) is 14.3. The van der Waals surface area contributed by atoms with Crippen LogP contribution in [0.4, 0.5) is 10.2 Å². The van der Waals surface area contributed by atoms with Gasteiger partial charge in [-0.25, -0.2) is 4.39 Å². The van der Waals surface area contributed by atoms with E-state index in [0.717, 1.165) is 25.2 Å². The largest absolute Gasteiger partial charge is 0.484 e. The zero-order chi connectivity index (χ0) is 17.9. The van der Waals surface area contributed by atoms with Crippen molar-refractivity contribution in [1.82, 2.24) is 15.1 Å². The Balaban J connectivity index is 1.32. The van der Waals surface area contributed by atoms with Crippen molar-refractivity contribution in [2.75, 3.05) is 25.0 Å². The van der Waals surface area contributed by atoms with Gasteiger partial charge < -0.3 is 15.0 Å². The summed E-state index contributed by atoms with van der Waals surface area (Å²) < 4.78 is 18.6. The smallest absolute Gasteiger partial charge is 0.260 e. The lowest BCUT2D eigenvalue weighted by molar-refractivity contribution is -0.132. The summed E-state index contributed by atoms with van der Waals surface area (Å²) >= 11 is 0. The van der Waals surface area contributed by atoms with E-state index in [2.05, 4.69) is 15.5 Å². The molecule has 0 bridgehead atoms. The number of nitrogens with zero attached hydrogens (tertiary/aromatic N) is 3. The Kier molecular flexibility index (Phi) is 4.69. The molecule has 1 N–H and O–H groups in total. The van der Waals surface area contributed by atoms with Gasteiger partial charge in [0, 0.05) is 37.3 Å². The molecule has 1 amide bonds. The SMILES string of the molecule is O=C(COc1cccc(F)c1)N1C[C@H]2CC[C@@H](Nc3cccnn3)[C@H]2C1. The van der Waals surface area contributed by atoms with Crippen LogP contribution >= 0.6 is 0 Å². The minimum absolute atomic E-state index is 0.0538. The standard InChI is InChI=1S/C19H21FN4O2/c20-14-3-1-4-15(9-14)26-12-19(25)24-10-13-6-7-17(16(13)11-24)22-18-5-2-8-21-23-18/h1-5,8-9,13,16-17H,6-7,10-12H2,(H,22,23)/t13-,16+,17-/m1/s1. The van der Waals surface area contributed by atoms with E-state index in [4.69, 9.17) is 4.74 Å². The van der Waals surface area contributed by atoms with Crippen LogP contribution in [-0.4, -0.2) is 46.7 Å². The number of rotatable bonds is 5. The number of hydrogen-bond acceptors (Lipinski definition) is 5. The van der Waals surface area contributed by atoms with Crippen molar-refractivity contribution in [3.05, 3.63) is 48.4 Å². The highest BCUT2D eigenvalue weighted by atomic mass is 19.1. The van der Waals surface area contributed by atoms with Crippen LogP contribution in [0.2, 0.25) is 0 Å². The molecule has 2 fully saturated rings. The third-order valence-corrected chi connectivity index (χ3v) is 5.27. The van der Waals surface area contributed by atoms with E-state index in [9.17, 15) is 9.18 Å². The average molecular weight is 356 g/mol. The van der Waals surface area contributed by atoms with Crippen LogP contribution < -0.4 is 10.1 Å². The Morgan fingerprint density at radius 3 is 3.00 bits per heavy atom. The van der Waals surface area contributed by atoms with Crippen molar-refractivity contribution in [2.45, 2.75) is 18.9 Å². The Labute approximate surface area is 151 Å². The maximum atomic E-state index is 13.2. The van der Waals surface area contributed by atoms with E-state index < -0.39 is 0 Å². The van der Waals surface area contributed by atoms with Gasteiger partial charge in [-0.15, -0.1) is 5.10 Å². The van der Waals surface area contributed by atoms with Crippen LogP contribution in [0.1, 0.15) is 12.8 Å². The molecule has 1 aromatic carbocycles. The third kappa shape index (κ3) is 3.61. The summed E-state index contributed by atoms with van der Waals surface area (Å²) in [5.74, 6) is 1.64. The van der Waals surface area contributed by atoms with Gasteiger partial charge >= 0.3 is 0 Å². The van der Waals surface area contributed by atoms with Gasteiger partial charge in [0.25, 0.3) is 5.91 Å². The number of amides is 1. The normalized spacial score (nSPS) is 24.3. The van der Waals surface area contributed by atoms with Crippen molar-refractivity contribution < 1.29 is 13.9 Å². The Bertz CT molecular complexity index is 773. The number of benzene rings is 1. The minimum Gasteiger partial charge on any atom is -0.484 e. The number of ether oxygens (including phenoxy) is 1. The molecule has 1 saturated heterocycles. The molecule has 3 atom stereocenters. The predicted octanol–water partition coefficient (Wildman–Crippen LogP) is 2.34. The summed E-state index contributed by atoms with van der Waals surface area (Å²) in [4.78, 5) is 14.3. The molecule has 1 aromatic heterocycles. The number of fused-ring (bicyclic) bond motifs is 1. The molecule has 26 heavy (non-hydrogen) atoms. The first kappa shape index (κ1) is 16.8. The average Bonchev–Trinajstić information content (AvgIpc) is 3.23. The molecule has 2 aromatic rings. The van der Waals surface area contributed by atoms with E-state index in [1.54, 1.807) is 18.3 Å². The summed E-state index contributed by atoms with van der Waals surface area (Å²) in [5.41, 5.74) is 0. The number of carbonyl (C=O) groups is 1. The van der Waals surface area contributed by atoms with Crippen molar-refractivity contribution in [2.24, 2.45) is 11.8 Å². The molecular weight excluding hydrogens is 335 g/mol. The first-order chi connectivity index (χ1) is 12.7. The van der Waals surface area contributed by atoms with Gasteiger partial charge in [-0.3, -0.25) is 4.79 Å². The molecule has 136 valence electrons. The second kappa shape index (κ2) is 7.27. The van der Waals surface area contributed by atoms with Crippen LogP contribution in [0.15, 0.2) is 42.6 Å². The van der Waals surface area contributed by atoms with E-state index in [-0.39, 0.29) is 18.3 Å². The third-order valence-electron chi connectivity index (χ3n) is 5.27. The maximum Gasteiger partial charge on any atom is 0.260 e.